The van der Waals surface area contributed by atoms with Gasteiger partial charge < -0.3 is 9.52 Å². The molecular weight excluding hydrogens is 462 g/mol. The number of para-hydroxylation sites is 1. The van der Waals surface area contributed by atoms with E-state index in [0.29, 0.717) is 33.7 Å². The predicted molar refractivity (Wildman–Crippen MR) is 135 cm³/mol. The summed E-state index contributed by atoms with van der Waals surface area (Å²) in [7, 11) is 0. The molecule has 1 saturated heterocycles. The molecule has 0 spiro atoms. The van der Waals surface area contributed by atoms with Crippen LogP contribution in [-0.4, -0.2) is 32.0 Å². The van der Waals surface area contributed by atoms with E-state index in [1.807, 2.05) is 42.5 Å². The second-order valence-corrected chi connectivity index (χ2v) is 8.65. The molecule has 0 atom stereocenters. The Morgan fingerprint density at radius 3 is 2.60 bits per heavy atom. The number of benzene rings is 2. The molecule has 0 aliphatic carbocycles. The Hall–Kier alpha value is -4.43. The second-order valence-electron chi connectivity index (χ2n) is 7.65. The lowest BCUT2D eigenvalue weighted by atomic mass is 10.1. The average molecular weight is 482 g/mol. The number of thioether (sulfide) groups is 1. The molecule has 1 aliphatic rings. The number of amides is 1. The zero-order valence-corrected chi connectivity index (χ0v) is 19.2. The van der Waals surface area contributed by atoms with Crippen molar-refractivity contribution >= 4 is 40.6 Å². The van der Waals surface area contributed by atoms with E-state index >= 15 is 0 Å². The minimum absolute atomic E-state index is 0.146. The highest BCUT2D eigenvalue weighted by Crippen LogP contribution is 2.36. The molecule has 1 fully saturated rings. The Bertz CT molecular complexity index is 1450. The molecule has 3 heterocycles. The van der Waals surface area contributed by atoms with Gasteiger partial charge in [-0.1, -0.05) is 42.5 Å². The van der Waals surface area contributed by atoms with Crippen LogP contribution >= 0.6 is 11.8 Å². The third-order valence-electron chi connectivity index (χ3n) is 5.26. The summed E-state index contributed by atoms with van der Waals surface area (Å²) in [6.07, 6.45) is 5.06. The van der Waals surface area contributed by atoms with Gasteiger partial charge in [-0.15, -0.1) is 0 Å². The van der Waals surface area contributed by atoms with Gasteiger partial charge in [0.2, 0.25) is 0 Å². The van der Waals surface area contributed by atoms with Crippen molar-refractivity contribution in [3.63, 3.8) is 0 Å². The summed E-state index contributed by atoms with van der Waals surface area (Å²) in [5, 5.41) is 10.0. The number of aliphatic imine (C=N–C) groups is 1. The van der Waals surface area contributed by atoms with Gasteiger partial charge >= 0.3 is 5.97 Å². The molecule has 8 heteroatoms. The maximum absolute atomic E-state index is 13.4. The topological polar surface area (TPSA) is 96.0 Å². The lowest BCUT2D eigenvalue weighted by Gasteiger charge is -2.15. The van der Waals surface area contributed by atoms with Crippen LogP contribution in [0.3, 0.4) is 0 Å². The first-order chi connectivity index (χ1) is 17.1. The summed E-state index contributed by atoms with van der Waals surface area (Å²) >= 11 is 1.26. The van der Waals surface area contributed by atoms with Crippen molar-refractivity contribution in [3.05, 3.63) is 113 Å². The lowest BCUT2D eigenvalue weighted by Crippen LogP contribution is -2.28. The van der Waals surface area contributed by atoms with Gasteiger partial charge in [-0.2, -0.15) is 0 Å². The van der Waals surface area contributed by atoms with Crippen LogP contribution in [0.4, 0.5) is 5.69 Å². The van der Waals surface area contributed by atoms with Crippen LogP contribution < -0.4 is 0 Å². The van der Waals surface area contributed by atoms with Gasteiger partial charge in [-0.05, 0) is 53.7 Å². The van der Waals surface area contributed by atoms with Crippen molar-refractivity contribution in [1.29, 1.82) is 0 Å². The first-order valence-electron chi connectivity index (χ1n) is 10.7. The third-order valence-corrected chi connectivity index (χ3v) is 6.26. The van der Waals surface area contributed by atoms with E-state index in [0.717, 1.165) is 11.3 Å². The Balaban J connectivity index is 1.47. The fourth-order valence-corrected chi connectivity index (χ4v) is 4.58. The Morgan fingerprint density at radius 2 is 1.83 bits per heavy atom. The highest BCUT2D eigenvalue weighted by molar-refractivity contribution is 8.18. The fraction of sp³-hybridized carbons (Fsp3) is 0.0370. The van der Waals surface area contributed by atoms with E-state index in [2.05, 4.69) is 9.98 Å². The van der Waals surface area contributed by atoms with Crippen molar-refractivity contribution in [2.24, 2.45) is 4.99 Å². The SMILES string of the molecule is O=C(O)c1ccccc1-c1ccc(/C=C2/SC(=Nc3ccccc3)N(Cc3cccnc3)C2=O)o1. The quantitative estimate of drug-likeness (QED) is 0.347. The highest BCUT2D eigenvalue weighted by Gasteiger charge is 2.34. The summed E-state index contributed by atoms with van der Waals surface area (Å²) in [5.74, 6) is -0.377. The van der Waals surface area contributed by atoms with E-state index in [1.54, 1.807) is 53.7 Å². The van der Waals surface area contributed by atoms with Crippen LogP contribution in [0.2, 0.25) is 0 Å². The highest BCUT2D eigenvalue weighted by atomic mass is 32.2. The molecule has 1 N–H and O–H groups in total. The van der Waals surface area contributed by atoms with Crippen molar-refractivity contribution < 1.29 is 19.1 Å². The zero-order valence-electron chi connectivity index (χ0n) is 18.4. The van der Waals surface area contributed by atoms with Crippen molar-refractivity contribution in [1.82, 2.24) is 9.88 Å². The average Bonchev–Trinajstić information content (AvgIpc) is 3.46. The molecule has 0 bridgehead atoms. The number of carboxylic acids is 1. The lowest BCUT2D eigenvalue weighted by molar-refractivity contribution is -0.122. The number of carbonyl (C=O) groups excluding carboxylic acids is 1. The number of hydrogen-bond acceptors (Lipinski definition) is 6. The molecular formula is C27H19N3O4S. The molecule has 2 aromatic heterocycles. The van der Waals surface area contributed by atoms with Crippen LogP contribution in [0, 0.1) is 0 Å². The van der Waals surface area contributed by atoms with Crippen molar-refractivity contribution in [3.8, 4) is 11.3 Å². The largest absolute Gasteiger partial charge is 0.478 e. The first-order valence-corrected chi connectivity index (χ1v) is 11.6. The number of carbonyl (C=O) groups is 2. The molecule has 1 amide bonds. The fourth-order valence-electron chi connectivity index (χ4n) is 3.61. The summed E-state index contributed by atoms with van der Waals surface area (Å²) in [6.45, 7) is 0.331. The minimum atomic E-state index is -1.04. The van der Waals surface area contributed by atoms with E-state index < -0.39 is 5.97 Å². The van der Waals surface area contributed by atoms with Crippen LogP contribution in [-0.2, 0) is 11.3 Å². The molecule has 0 unspecified atom stereocenters. The number of nitrogens with zero attached hydrogens (tertiary/aromatic N) is 3. The molecule has 35 heavy (non-hydrogen) atoms. The second kappa shape index (κ2) is 9.82. The Morgan fingerprint density at radius 1 is 1.03 bits per heavy atom. The van der Waals surface area contributed by atoms with Crippen LogP contribution in [0.25, 0.3) is 17.4 Å². The van der Waals surface area contributed by atoms with Crippen molar-refractivity contribution in [2.45, 2.75) is 6.54 Å². The molecule has 2 aromatic carbocycles. The van der Waals surface area contributed by atoms with Gasteiger partial charge in [-0.25, -0.2) is 9.79 Å². The number of rotatable bonds is 6. The molecule has 4 aromatic rings. The standard InChI is InChI=1S/C27H19N3O4S/c31-25-24(15-20-12-13-23(34-20)21-10-4-5-11-22(21)26(32)33)35-27(29-19-8-2-1-3-9-19)30(25)17-18-7-6-14-28-16-18/h1-16H,17H2,(H,32,33)/b24-15+,29-27?. The molecule has 7 nitrogen and oxygen atoms in total. The van der Waals surface area contributed by atoms with Crippen molar-refractivity contribution in [2.75, 3.05) is 0 Å². The van der Waals surface area contributed by atoms with E-state index in [-0.39, 0.29) is 11.5 Å². The molecule has 0 saturated carbocycles. The van der Waals surface area contributed by atoms with E-state index in [1.165, 1.54) is 17.8 Å². The van der Waals surface area contributed by atoms with E-state index in [4.69, 9.17) is 4.42 Å². The summed E-state index contributed by atoms with van der Waals surface area (Å²) in [4.78, 5) is 35.8. The van der Waals surface area contributed by atoms with Gasteiger partial charge in [0.1, 0.15) is 11.5 Å². The maximum Gasteiger partial charge on any atom is 0.336 e. The number of furan rings is 1. The summed E-state index contributed by atoms with van der Waals surface area (Å²) < 4.78 is 5.90. The molecule has 172 valence electrons. The normalized spacial score (nSPS) is 15.8. The van der Waals surface area contributed by atoms with Gasteiger partial charge in [0, 0.05) is 24.0 Å². The van der Waals surface area contributed by atoms with Gasteiger partial charge in [0.25, 0.3) is 5.91 Å². The number of hydrogen-bond donors (Lipinski definition) is 1. The number of pyridine rings is 1. The Kier molecular flexibility index (Phi) is 6.28. The summed E-state index contributed by atoms with van der Waals surface area (Å²) in [6, 6.07) is 23.2. The Labute approximate surface area is 205 Å². The molecule has 5 rings (SSSR count). The van der Waals surface area contributed by atoms with Crippen LogP contribution in [0.1, 0.15) is 21.7 Å². The third kappa shape index (κ3) is 4.92. The number of aromatic nitrogens is 1. The van der Waals surface area contributed by atoms with Gasteiger partial charge in [0.15, 0.2) is 5.17 Å². The van der Waals surface area contributed by atoms with Gasteiger partial charge in [-0.3, -0.25) is 14.7 Å². The van der Waals surface area contributed by atoms with Crippen LogP contribution in [0.15, 0.2) is 106 Å². The van der Waals surface area contributed by atoms with E-state index in [9.17, 15) is 14.7 Å². The smallest absolute Gasteiger partial charge is 0.336 e. The van der Waals surface area contributed by atoms with Crippen LogP contribution in [0.5, 0.6) is 0 Å². The monoisotopic (exact) mass is 481 g/mol. The number of aromatic carboxylic acids is 1. The minimum Gasteiger partial charge on any atom is -0.478 e. The maximum atomic E-state index is 13.4. The zero-order chi connectivity index (χ0) is 24.2. The number of amidine groups is 1. The number of carboxylic acid groups (broad SMARTS) is 1. The first kappa shape index (κ1) is 22.4. The van der Waals surface area contributed by atoms with Gasteiger partial charge in [0.05, 0.1) is 22.7 Å². The predicted octanol–water partition coefficient (Wildman–Crippen LogP) is 5.84. The summed E-state index contributed by atoms with van der Waals surface area (Å²) in [5.41, 5.74) is 2.24. The molecule has 0 radical (unpaired) electrons. The molecule has 1 aliphatic heterocycles.